The number of fused-ring (bicyclic) bond motifs is 2. The average molecular weight is 354 g/mol. The summed E-state index contributed by atoms with van der Waals surface area (Å²) in [5, 5.41) is 5.00. The SMILES string of the molecule is CN(C(=O)Cn1cnc2c(cnn2C)c1=O)c1nc2ccccc2s1. The monoisotopic (exact) mass is 354 g/mol. The lowest BCUT2D eigenvalue weighted by Crippen LogP contribution is -2.34. The van der Waals surface area contributed by atoms with Gasteiger partial charge in [-0.1, -0.05) is 23.5 Å². The summed E-state index contributed by atoms with van der Waals surface area (Å²) in [7, 11) is 3.37. The molecule has 0 saturated heterocycles. The van der Waals surface area contributed by atoms with Gasteiger partial charge in [-0.15, -0.1) is 0 Å². The van der Waals surface area contributed by atoms with Gasteiger partial charge in [0.2, 0.25) is 5.91 Å². The predicted octanol–water partition coefficient (Wildman–Crippen LogP) is 1.40. The molecule has 0 N–H and O–H groups in total. The molecule has 0 spiro atoms. The van der Waals surface area contributed by atoms with Crippen molar-refractivity contribution < 1.29 is 4.79 Å². The quantitative estimate of drug-likeness (QED) is 0.555. The van der Waals surface area contributed by atoms with Gasteiger partial charge in [0, 0.05) is 14.1 Å². The minimum atomic E-state index is -0.288. The molecule has 0 aliphatic rings. The molecule has 4 rings (SSSR count). The first-order valence-electron chi connectivity index (χ1n) is 7.54. The average Bonchev–Trinajstić information content (AvgIpc) is 3.20. The molecule has 1 aromatic carbocycles. The Labute approximate surface area is 146 Å². The third kappa shape index (κ3) is 2.58. The molecular weight excluding hydrogens is 340 g/mol. The second kappa shape index (κ2) is 5.78. The van der Waals surface area contributed by atoms with Crippen LogP contribution in [-0.2, 0) is 18.4 Å². The predicted molar refractivity (Wildman–Crippen MR) is 95.8 cm³/mol. The van der Waals surface area contributed by atoms with Crippen LogP contribution in [0.2, 0.25) is 0 Å². The van der Waals surface area contributed by atoms with E-state index < -0.39 is 0 Å². The molecule has 0 unspecified atom stereocenters. The van der Waals surface area contributed by atoms with Crippen LogP contribution in [0.5, 0.6) is 0 Å². The van der Waals surface area contributed by atoms with Crippen molar-refractivity contribution in [2.75, 3.05) is 11.9 Å². The number of anilines is 1. The van der Waals surface area contributed by atoms with Crippen molar-refractivity contribution >= 4 is 43.6 Å². The van der Waals surface area contributed by atoms with Gasteiger partial charge in [-0.25, -0.2) is 9.97 Å². The zero-order valence-corrected chi connectivity index (χ0v) is 14.4. The Bertz CT molecular complexity index is 1130. The van der Waals surface area contributed by atoms with E-state index in [2.05, 4.69) is 15.1 Å². The van der Waals surface area contributed by atoms with Gasteiger partial charge in [0.15, 0.2) is 10.8 Å². The summed E-state index contributed by atoms with van der Waals surface area (Å²) in [4.78, 5) is 35.2. The highest BCUT2D eigenvalue weighted by Gasteiger charge is 2.17. The standard InChI is InChI=1S/C16H14N6O2S/c1-20(16-19-11-5-3-4-6-12(11)25-16)13(23)8-22-9-17-14-10(15(22)24)7-18-21(14)2/h3-7,9H,8H2,1-2H3. The Kier molecular flexibility index (Phi) is 3.57. The summed E-state index contributed by atoms with van der Waals surface area (Å²) < 4.78 is 3.82. The smallest absolute Gasteiger partial charge is 0.264 e. The van der Waals surface area contributed by atoms with Crippen LogP contribution in [-0.4, -0.2) is 37.3 Å². The Hall–Kier alpha value is -3.07. The summed E-state index contributed by atoms with van der Waals surface area (Å²) in [6.45, 7) is -0.108. The number of benzene rings is 1. The van der Waals surface area contributed by atoms with E-state index in [4.69, 9.17) is 0 Å². The summed E-state index contributed by atoms with van der Waals surface area (Å²) in [5.74, 6) is -0.244. The molecule has 25 heavy (non-hydrogen) atoms. The molecule has 0 atom stereocenters. The van der Waals surface area contributed by atoms with E-state index in [1.54, 1.807) is 14.1 Å². The van der Waals surface area contributed by atoms with Crippen molar-refractivity contribution in [3.05, 3.63) is 47.1 Å². The van der Waals surface area contributed by atoms with Gasteiger partial charge in [-0.2, -0.15) is 5.10 Å². The third-order valence-electron chi connectivity index (χ3n) is 3.97. The normalized spacial score (nSPS) is 11.3. The number of aromatic nitrogens is 5. The van der Waals surface area contributed by atoms with E-state index in [1.807, 2.05) is 24.3 Å². The van der Waals surface area contributed by atoms with Crippen molar-refractivity contribution in [1.29, 1.82) is 0 Å². The van der Waals surface area contributed by atoms with Gasteiger partial charge in [0.1, 0.15) is 18.3 Å². The maximum absolute atomic E-state index is 12.6. The first kappa shape index (κ1) is 15.5. The van der Waals surface area contributed by atoms with E-state index >= 15 is 0 Å². The Morgan fingerprint density at radius 1 is 1.32 bits per heavy atom. The fourth-order valence-electron chi connectivity index (χ4n) is 2.54. The molecule has 8 nitrogen and oxygen atoms in total. The third-order valence-corrected chi connectivity index (χ3v) is 5.08. The molecule has 0 bridgehead atoms. The van der Waals surface area contributed by atoms with Crippen LogP contribution in [0.4, 0.5) is 5.13 Å². The number of hydrogen-bond acceptors (Lipinski definition) is 6. The lowest BCUT2D eigenvalue weighted by molar-refractivity contribution is -0.118. The first-order chi connectivity index (χ1) is 12.0. The van der Waals surface area contributed by atoms with E-state index in [9.17, 15) is 9.59 Å². The fraction of sp³-hybridized carbons (Fsp3) is 0.188. The van der Waals surface area contributed by atoms with Crippen LogP contribution in [0.25, 0.3) is 21.3 Å². The second-order valence-electron chi connectivity index (χ2n) is 5.60. The largest absolute Gasteiger partial charge is 0.290 e. The highest BCUT2D eigenvalue weighted by atomic mass is 32.1. The molecule has 1 amide bonds. The molecule has 3 aromatic heterocycles. The number of rotatable bonds is 3. The number of likely N-dealkylation sites (N-methyl/N-ethyl adjacent to an activating group) is 1. The number of thiazole rings is 1. The number of para-hydroxylation sites is 1. The molecule has 0 saturated carbocycles. The number of aryl methyl sites for hydroxylation is 1. The molecule has 0 radical (unpaired) electrons. The molecule has 0 aliphatic carbocycles. The summed E-state index contributed by atoms with van der Waals surface area (Å²) in [6.07, 6.45) is 2.83. The lowest BCUT2D eigenvalue weighted by Gasteiger charge is -2.14. The van der Waals surface area contributed by atoms with Crippen molar-refractivity contribution in [2.24, 2.45) is 7.05 Å². The van der Waals surface area contributed by atoms with Crippen LogP contribution in [0, 0.1) is 0 Å². The molecule has 9 heteroatoms. The number of carbonyl (C=O) groups excluding carboxylic acids is 1. The lowest BCUT2D eigenvalue weighted by atomic mass is 10.3. The zero-order chi connectivity index (χ0) is 17.6. The van der Waals surface area contributed by atoms with Gasteiger partial charge in [0.25, 0.3) is 5.56 Å². The molecule has 0 aliphatic heterocycles. The summed E-state index contributed by atoms with van der Waals surface area (Å²) >= 11 is 1.43. The topological polar surface area (TPSA) is 85.9 Å². The summed E-state index contributed by atoms with van der Waals surface area (Å²) in [6, 6.07) is 7.69. The van der Waals surface area contributed by atoms with Crippen LogP contribution in [0.1, 0.15) is 0 Å². The van der Waals surface area contributed by atoms with Crippen LogP contribution in [0.3, 0.4) is 0 Å². The number of carbonyl (C=O) groups is 1. The molecule has 3 heterocycles. The van der Waals surface area contributed by atoms with Crippen molar-refractivity contribution in [3.8, 4) is 0 Å². The van der Waals surface area contributed by atoms with Crippen LogP contribution >= 0.6 is 11.3 Å². The highest BCUT2D eigenvalue weighted by Crippen LogP contribution is 2.27. The maximum atomic E-state index is 12.6. The van der Waals surface area contributed by atoms with Gasteiger partial charge in [-0.3, -0.25) is 23.7 Å². The minimum Gasteiger partial charge on any atom is -0.290 e. The second-order valence-corrected chi connectivity index (χ2v) is 6.61. The van der Waals surface area contributed by atoms with E-state index in [0.717, 1.165) is 10.2 Å². The summed E-state index contributed by atoms with van der Waals surface area (Å²) in [5.41, 5.74) is 1.05. The van der Waals surface area contributed by atoms with E-state index in [1.165, 1.54) is 38.0 Å². The van der Waals surface area contributed by atoms with Gasteiger partial charge in [-0.05, 0) is 12.1 Å². The number of hydrogen-bond donors (Lipinski definition) is 0. The van der Waals surface area contributed by atoms with Crippen molar-refractivity contribution in [1.82, 2.24) is 24.3 Å². The van der Waals surface area contributed by atoms with E-state index in [-0.39, 0.29) is 18.0 Å². The number of nitrogens with zero attached hydrogens (tertiary/aromatic N) is 6. The number of amides is 1. The minimum absolute atomic E-state index is 0.108. The van der Waals surface area contributed by atoms with Crippen LogP contribution < -0.4 is 10.5 Å². The van der Waals surface area contributed by atoms with Crippen molar-refractivity contribution in [2.45, 2.75) is 6.54 Å². The van der Waals surface area contributed by atoms with Crippen molar-refractivity contribution in [3.63, 3.8) is 0 Å². The van der Waals surface area contributed by atoms with Gasteiger partial charge in [0.05, 0.1) is 16.4 Å². The Morgan fingerprint density at radius 3 is 2.92 bits per heavy atom. The first-order valence-corrected chi connectivity index (χ1v) is 8.35. The molecule has 4 aromatic rings. The molecular formula is C16H14N6O2S. The van der Waals surface area contributed by atoms with Gasteiger partial charge < -0.3 is 0 Å². The van der Waals surface area contributed by atoms with Gasteiger partial charge >= 0.3 is 0 Å². The Morgan fingerprint density at radius 2 is 2.12 bits per heavy atom. The van der Waals surface area contributed by atoms with Crippen LogP contribution in [0.15, 0.2) is 41.6 Å². The fourth-order valence-corrected chi connectivity index (χ4v) is 3.49. The maximum Gasteiger partial charge on any atom is 0.264 e. The molecule has 0 fully saturated rings. The molecule has 126 valence electrons. The zero-order valence-electron chi connectivity index (χ0n) is 13.6. The highest BCUT2D eigenvalue weighted by molar-refractivity contribution is 7.22. The Balaban J connectivity index is 1.63. The van der Waals surface area contributed by atoms with E-state index in [0.29, 0.717) is 16.2 Å².